The highest BCUT2D eigenvalue weighted by Crippen LogP contribution is 2.60. The molecule has 6 heteroatoms. The molecule has 0 radical (unpaired) electrons. The summed E-state index contributed by atoms with van der Waals surface area (Å²) in [7, 11) is 0. The number of rotatable bonds is 7. The van der Waals surface area contributed by atoms with Crippen LogP contribution >= 0.6 is 0 Å². The summed E-state index contributed by atoms with van der Waals surface area (Å²) < 4.78 is 0. The molecule has 2 saturated heterocycles. The van der Waals surface area contributed by atoms with E-state index in [0.717, 1.165) is 61.1 Å². The van der Waals surface area contributed by atoms with Gasteiger partial charge in [-0.2, -0.15) is 0 Å². The van der Waals surface area contributed by atoms with Crippen molar-refractivity contribution < 1.29 is 14.4 Å². The molecule has 0 spiro atoms. The molecule has 4 bridgehead atoms. The van der Waals surface area contributed by atoms with Gasteiger partial charge in [0, 0.05) is 30.6 Å². The van der Waals surface area contributed by atoms with Crippen molar-refractivity contribution >= 4 is 23.4 Å². The van der Waals surface area contributed by atoms with Gasteiger partial charge in [0.05, 0.1) is 6.54 Å². The Balaban J connectivity index is 1.02. The SMILES string of the molecule is O=C1[C@@H]2CCCN2C(=O)N1Cc1ccc(NCCC(=O)C23CC4CC(CC(C4)C2)C3)cc1. The fourth-order valence-corrected chi connectivity index (χ4v) is 7.78. The van der Waals surface area contributed by atoms with Gasteiger partial charge in [-0.25, -0.2) is 4.79 Å². The summed E-state index contributed by atoms with van der Waals surface area (Å²) in [6, 6.07) is 7.51. The zero-order chi connectivity index (χ0) is 21.9. The van der Waals surface area contributed by atoms with Crippen LogP contribution in [0.5, 0.6) is 0 Å². The van der Waals surface area contributed by atoms with E-state index in [1.54, 1.807) is 4.90 Å². The molecule has 4 saturated carbocycles. The minimum absolute atomic E-state index is 0.0105. The predicted molar refractivity (Wildman–Crippen MR) is 121 cm³/mol. The summed E-state index contributed by atoms with van der Waals surface area (Å²) in [6.45, 7) is 1.69. The van der Waals surface area contributed by atoms with Crippen LogP contribution in [0.2, 0.25) is 0 Å². The smallest absolute Gasteiger partial charge is 0.327 e. The van der Waals surface area contributed by atoms with E-state index in [1.807, 2.05) is 24.3 Å². The first kappa shape index (κ1) is 20.3. The van der Waals surface area contributed by atoms with Crippen LogP contribution in [-0.4, -0.2) is 46.7 Å². The lowest BCUT2D eigenvalue weighted by molar-refractivity contribution is -0.143. The average molecular weight is 436 g/mol. The number of hydrogen-bond donors (Lipinski definition) is 1. The summed E-state index contributed by atoms with van der Waals surface area (Å²) >= 11 is 0. The minimum Gasteiger partial charge on any atom is -0.385 e. The maximum absolute atomic E-state index is 13.2. The van der Waals surface area contributed by atoms with Crippen LogP contribution in [0, 0.1) is 23.2 Å². The number of ketones is 1. The molecular formula is C26H33N3O3. The third-order valence-corrected chi connectivity index (χ3v) is 8.89. The van der Waals surface area contributed by atoms with Gasteiger partial charge in [0.1, 0.15) is 11.8 Å². The van der Waals surface area contributed by atoms with E-state index in [1.165, 1.54) is 24.2 Å². The molecule has 6 aliphatic rings. The average Bonchev–Trinajstić information content (AvgIpc) is 3.33. The lowest BCUT2D eigenvalue weighted by Gasteiger charge is -2.56. The molecule has 6 fully saturated rings. The van der Waals surface area contributed by atoms with Gasteiger partial charge in [0.25, 0.3) is 5.91 Å². The summed E-state index contributed by atoms with van der Waals surface area (Å²) in [5.41, 5.74) is 1.92. The van der Waals surface area contributed by atoms with Gasteiger partial charge in [-0.05, 0) is 86.8 Å². The van der Waals surface area contributed by atoms with E-state index in [9.17, 15) is 14.4 Å². The number of Topliss-reactive ketones (excluding diaryl/α,β-unsaturated/α-hetero) is 1. The van der Waals surface area contributed by atoms with E-state index >= 15 is 0 Å². The second-order valence-corrected chi connectivity index (χ2v) is 11.1. The zero-order valence-corrected chi connectivity index (χ0v) is 18.7. The minimum atomic E-state index is -0.241. The van der Waals surface area contributed by atoms with Gasteiger partial charge in [-0.15, -0.1) is 0 Å². The van der Waals surface area contributed by atoms with Crippen molar-refractivity contribution in [1.29, 1.82) is 0 Å². The summed E-state index contributed by atoms with van der Waals surface area (Å²) in [5.74, 6) is 2.83. The third kappa shape index (κ3) is 3.34. The largest absolute Gasteiger partial charge is 0.385 e. The maximum atomic E-state index is 13.2. The molecule has 170 valence electrons. The molecule has 32 heavy (non-hydrogen) atoms. The van der Waals surface area contributed by atoms with Crippen molar-refractivity contribution in [3.63, 3.8) is 0 Å². The fourth-order valence-electron chi connectivity index (χ4n) is 7.78. The van der Waals surface area contributed by atoms with Crippen LogP contribution in [0.15, 0.2) is 24.3 Å². The number of carbonyl (C=O) groups excluding carboxylic acids is 3. The van der Waals surface area contributed by atoms with Crippen LogP contribution in [0.4, 0.5) is 10.5 Å². The van der Waals surface area contributed by atoms with E-state index in [-0.39, 0.29) is 23.4 Å². The van der Waals surface area contributed by atoms with Crippen molar-refractivity contribution in [2.24, 2.45) is 23.2 Å². The number of amides is 3. The Hall–Kier alpha value is -2.37. The van der Waals surface area contributed by atoms with Gasteiger partial charge in [-0.3, -0.25) is 14.5 Å². The number of urea groups is 1. The van der Waals surface area contributed by atoms with Crippen LogP contribution in [0.1, 0.15) is 63.4 Å². The number of nitrogens with one attached hydrogen (secondary N) is 1. The zero-order valence-electron chi connectivity index (χ0n) is 18.7. The van der Waals surface area contributed by atoms with Crippen molar-refractivity contribution in [2.45, 2.75) is 70.4 Å². The second-order valence-electron chi connectivity index (χ2n) is 11.1. The Labute approximate surface area is 189 Å². The first-order valence-corrected chi connectivity index (χ1v) is 12.5. The van der Waals surface area contributed by atoms with Crippen molar-refractivity contribution in [3.05, 3.63) is 29.8 Å². The molecule has 1 N–H and O–H groups in total. The van der Waals surface area contributed by atoms with Crippen molar-refractivity contribution in [1.82, 2.24) is 9.80 Å². The topological polar surface area (TPSA) is 69.7 Å². The fraction of sp³-hybridized carbons (Fsp3) is 0.654. The van der Waals surface area contributed by atoms with Crippen LogP contribution in [0.25, 0.3) is 0 Å². The van der Waals surface area contributed by atoms with E-state index < -0.39 is 0 Å². The lowest BCUT2D eigenvalue weighted by atomic mass is 9.48. The molecule has 2 aliphatic heterocycles. The molecule has 1 aromatic rings. The molecule has 6 nitrogen and oxygen atoms in total. The number of anilines is 1. The van der Waals surface area contributed by atoms with E-state index in [2.05, 4.69) is 5.32 Å². The van der Waals surface area contributed by atoms with E-state index in [4.69, 9.17) is 0 Å². The van der Waals surface area contributed by atoms with Gasteiger partial charge in [0.15, 0.2) is 0 Å². The molecule has 0 unspecified atom stereocenters. The molecule has 4 aliphatic carbocycles. The number of imide groups is 1. The molecule has 0 aromatic heterocycles. The molecular weight excluding hydrogens is 402 g/mol. The lowest BCUT2D eigenvalue weighted by Crippen LogP contribution is -2.50. The van der Waals surface area contributed by atoms with Crippen molar-refractivity contribution in [3.8, 4) is 0 Å². The van der Waals surface area contributed by atoms with Gasteiger partial charge >= 0.3 is 6.03 Å². The molecule has 1 atom stereocenters. The Morgan fingerprint density at radius 3 is 2.28 bits per heavy atom. The van der Waals surface area contributed by atoms with Crippen LogP contribution in [-0.2, 0) is 16.1 Å². The Morgan fingerprint density at radius 2 is 1.66 bits per heavy atom. The standard InChI is InChI=1S/C26H33N3O3/c30-23(26-13-18-10-19(14-26)12-20(11-18)15-26)7-8-27-21-5-3-17(4-6-21)16-29-24(31)22-2-1-9-28(22)25(29)32/h3-6,18-20,22,27H,1-2,7-16H2/t18?,19?,20?,22-,26?/m0/s1. The quantitative estimate of drug-likeness (QED) is 0.652. The molecule has 2 heterocycles. The number of hydrogen-bond acceptors (Lipinski definition) is 4. The summed E-state index contributed by atoms with van der Waals surface area (Å²) in [5, 5.41) is 3.40. The first-order chi connectivity index (χ1) is 15.5. The normalized spacial score (nSPS) is 35.0. The molecule has 3 amide bonds. The van der Waals surface area contributed by atoms with Gasteiger partial charge < -0.3 is 10.2 Å². The van der Waals surface area contributed by atoms with E-state index in [0.29, 0.717) is 31.8 Å². The number of fused-ring (bicyclic) bond motifs is 1. The monoisotopic (exact) mass is 435 g/mol. The molecule has 7 rings (SSSR count). The maximum Gasteiger partial charge on any atom is 0.327 e. The highest BCUT2D eigenvalue weighted by molar-refractivity contribution is 6.04. The van der Waals surface area contributed by atoms with Gasteiger partial charge in [-0.1, -0.05) is 12.1 Å². The van der Waals surface area contributed by atoms with Crippen molar-refractivity contribution in [2.75, 3.05) is 18.4 Å². The second kappa shape index (κ2) is 7.60. The predicted octanol–water partition coefficient (Wildman–Crippen LogP) is 4.20. The van der Waals surface area contributed by atoms with Crippen LogP contribution < -0.4 is 5.32 Å². The Morgan fingerprint density at radius 1 is 1.00 bits per heavy atom. The number of carbonyl (C=O) groups is 3. The van der Waals surface area contributed by atoms with Gasteiger partial charge in [0.2, 0.25) is 0 Å². The highest BCUT2D eigenvalue weighted by Gasteiger charge is 2.54. The summed E-state index contributed by atoms with van der Waals surface area (Å²) in [4.78, 5) is 41.3. The summed E-state index contributed by atoms with van der Waals surface area (Å²) in [6.07, 6.45) is 9.81. The Bertz CT molecular complexity index is 883. The first-order valence-electron chi connectivity index (χ1n) is 12.5. The number of nitrogens with zero attached hydrogens (tertiary/aromatic N) is 2. The molecule has 1 aromatic carbocycles. The Kier molecular flexibility index (Phi) is 4.81. The third-order valence-electron chi connectivity index (χ3n) is 8.89. The van der Waals surface area contributed by atoms with Crippen LogP contribution in [0.3, 0.4) is 0 Å². The highest BCUT2D eigenvalue weighted by atomic mass is 16.2. The number of benzene rings is 1.